The number of nitrogens with one attached hydrogen (secondary N) is 1. The molecule has 2 aliphatic heterocycles. The van der Waals surface area contributed by atoms with Crippen LogP contribution in [0.4, 0.5) is 0 Å². The van der Waals surface area contributed by atoms with E-state index >= 15 is 0 Å². The lowest BCUT2D eigenvalue weighted by atomic mass is 10.0. The van der Waals surface area contributed by atoms with E-state index in [0.717, 1.165) is 29.2 Å². The highest BCUT2D eigenvalue weighted by Gasteiger charge is 2.43. The number of amides is 1. The van der Waals surface area contributed by atoms with E-state index < -0.39 is 11.6 Å². The average Bonchev–Trinajstić information content (AvgIpc) is 3.46. The van der Waals surface area contributed by atoms with Gasteiger partial charge in [0.15, 0.2) is 0 Å². The third-order valence-corrected chi connectivity index (χ3v) is 6.59. The van der Waals surface area contributed by atoms with E-state index in [1.54, 1.807) is 17.4 Å². The second-order valence-electron chi connectivity index (χ2n) is 7.61. The number of aliphatic hydroxyl groups is 1. The second-order valence-corrected chi connectivity index (χ2v) is 8.51. The van der Waals surface area contributed by atoms with Crippen LogP contribution in [0.15, 0.2) is 65.1 Å². The van der Waals surface area contributed by atoms with Crippen LogP contribution in [0.1, 0.15) is 16.8 Å². The standard InChI is InChI=1S/C23H24N4O3S/c28-22(24-9-11-26-12-14-30-15-13-26)23(29)19-7-4-10-27(19)21-18(8-16-31-21)20(25-23)17-5-2-1-3-6-17/h1-8,10,16,29H,9,11-15H2,(H,24,28). The summed E-state index contributed by atoms with van der Waals surface area (Å²) in [6.07, 6.45) is 1.86. The number of nitrogens with zero attached hydrogens (tertiary/aromatic N) is 3. The summed E-state index contributed by atoms with van der Waals surface area (Å²) < 4.78 is 7.23. The number of morpholine rings is 1. The number of thiophene rings is 1. The molecule has 4 heterocycles. The van der Waals surface area contributed by atoms with E-state index in [4.69, 9.17) is 4.74 Å². The molecule has 31 heavy (non-hydrogen) atoms. The molecule has 0 spiro atoms. The fourth-order valence-corrected chi connectivity index (χ4v) is 4.95. The van der Waals surface area contributed by atoms with Gasteiger partial charge in [0.05, 0.1) is 24.6 Å². The van der Waals surface area contributed by atoms with Gasteiger partial charge in [0.2, 0.25) is 0 Å². The van der Waals surface area contributed by atoms with E-state index in [0.29, 0.717) is 37.7 Å². The van der Waals surface area contributed by atoms with Crippen molar-refractivity contribution < 1.29 is 14.6 Å². The van der Waals surface area contributed by atoms with Crippen molar-refractivity contribution in [2.45, 2.75) is 5.72 Å². The Labute approximate surface area is 184 Å². The molecule has 1 fully saturated rings. The monoisotopic (exact) mass is 436 g/mol. The molecule has 0 bridgehead atoms. The van der Waals surface area contributed by atoms with Gasteiger partial charge in [0, 0.05) is 43.5 Å². The molecule has 1 amide bonds. The first-order valence-electron chi connectivity index (χ1n) is 10.4. The average molecular weight is 437 g/mol. The molecule has 7 nitrogen and oxygen atoms in total. The maximum Gasteiger partial charge on any atom is 0.281 e. The molecule has 2 aliphatic rings. The first kappa shape index (κ1) is 20.1. The summed E-state index contributed by atoms with van der Waals surface area (Å²) in [5.41, 5.74) is 0.758. The summed E-state index contributed by atoms with van der Waals surface area (Å²) >= 11 is 1.55. The fraction of sp³-hybridized carbons (Fsp3) is 0.304. The van der Waals surface area contributed by atoms with Crippen LogP contribution in [0, 0.1) is 0 Å². The highest BCUT2D eigenvalue weighted by atomic mass is 32.1. The van der Waals surface area contributed by atoms with Crippen molar-refractivity contribution in [3.63, 3.8) is 0 Å². The zero-order valence-corrected chi connectivity index (χ0v) is 17.8. The lowest BCUT2D eigenvalue weighted by Gasteiger charge is -2.28. The van der Waals surface area contributed by atoms with Crippen LogP contribution in [0.25, 0.3) is 5.00 Å². The lowest BCUT2D eigenvalue weighted by molar-refractivity contribution is -0.140. The molecule has 160 valence electrons. The fourth-order valence-electron chi connectivity index (χ4n) is 4.05. The van der Waals surface area contributed by atoms with Crippen LogP contribution in [-0.4, -0.2) is 65.6 Å². The third-order valence-electron chi connectivity index (χ3n) is 5.68. The lowest BCUT2D eigenvalue weighted by Crippen LogP contribution is -2.47. The van der Waals surface area contributed by atoms with Crippen molar-refractivity contribution in [3.05, 3.63) is 76.9 Å². The Morgan fingerprint density at radius 3 is 2.77 bits per heavy atom. The molecule has 0 radical (unpaired) electrons. The Balaban J connectivity index is 1.49. The summed E-state index contributed by atoms with van der Waals surface area (Å²) in [6, 6.07) is 15.2. The molecule has 2 aromatic heterocycles. The summed E-state index contributed by atoms with van der Waals surface area (Å²) in [5.74, 6) is -0.524. The smallest absolute Gasteiger partial charge is 0.281 e. The van der Waals surface area contributed by atoms with Gasteiger partial charge < -0.3 is 19.7 Å². The zero-order valence-electron chi connectivity index (χ0n) is 17.0. The van der Waals surface area contributed by atoms with E-state index in [1.807, 2.05) is 58.6 Å². The van der Waals surface area contributed by atoms with Gasteiger partial charge >= 0.3 is 0 Å². The Bertz CT molecular complexity index is 1100. The number of rotatable bonds is 5. The number of carbonyl (C=O) groups excluding carboxylic acids is 1. The molecule has 1 saturated heterocycles. The predicted molar refractivity (Wildman–Crippen MR) is 120 cm³/mol. The largest absolute Gasteiger partial charge is 0.379 e. The van der Waals surface area contributed by atoms with Crippen molar-refractivity contribution >= 4 is 23.0 Å². The van der Waals surface area contributed by atoms with E-state index in [2.05, 4.69) is 15.2 Å². The number of hydrogen-bond donors (Lipinski definition) is 2. The number of fused-ring (bicyclic) bond motifs is 3. The van der Waals surface area contributed by atoms with Gasteiger partial charge in [-0.05, 0) is 23.6 Å². The molecular weight excluding hydrogens is 412 g/mol. The highest BCUT2D eigenvalue weighted by molar-refractivity contribution is 7.13. The summed E-state index contributed by atoms with van der Waals surface area (Å²) in [4.78, 5) is 20.2. The number of ether oxygens (including phenoxy) is 1. The first-order chi connectivity index (χ1) is 15.2. The number of carbonyl (C=O) groups is 1. The molecular formula is C23H24N4O3S. The van der Waals surface area contributed by atoms with Crippen LogP contribution >= 0.6 is 11.3 Å². The van der Waals surface area contributed by atoms with Crippen LogP contribution in [0.3, 0.4) is 0 Å². The molecule has 1 unspecified atom stereocenters. The van der Waals surface area contributed by atoms with Gasteiger partial charge in [-0.3, -0.25) is 9.69 Å². The molecule has 1 aromatic carbocycles. The second kappa shape index (κ2) is 8.39. The molecule has 0 aliphatic carbocycles. The summed E-state index contributed by atoms with van der Waals surface area (Å²) in [6.45, 7) is 4.24. The van der Waals surface area contributed by atoms with E-state index in [9.17, 15) is 9.90 Å². The van der Waals surface area contributed by atoms with Crippen molar-refractivity contribution in [1.29, 1.82) is 0 Å². The quantitative estimate of drug-likeness (QED) is 0.641. The summed E-state index contributed by atoms with van der Waals surface area (Å²) in [7, 11) is 0. The van der Waals surface area contributed by atoms with Crippen molar-refractivity contribution in [3.8, 4) is 5.00 Å². The Kier molecular flexibility index (Phi) is 5.45. The molecule has 5 rings (SSSR count). The zero-order chi connectivity index (χ0) is 21.3. The number of aliphatic imine (C=N–C) groups is 1. The molecule has 2 N–H and O–H groups in total. The Morgan fingerprint density at radius 2 is 1.97 bits per heavy atom. The number of benzene rings is 1. The van der Waals surface area contributed by atoms with Crippen LogP contribution in [0.2, 0.25) is 0 Å². The highest BCUT2D eigenvalue weighted by Crippen LogP contribution is 2.36. The van der Waals surface area contributed by atoms with Crippen molar-refractivity contribution in [2.75, 3.05) is 39.4 Å². The number of aromatic nitrogens is 1. The Hall–Kier alpha value is -2.78. The van der Waals surface area contributed by atoms with Gasteiger partial charge in [-0.15, -0.1) is 11.3 Å². The van der Waals surface area contributed by atoms with Crippen molar-refractivity contribution in [1.82, 2.24) is 14.8 Å². The molecule has 0 saturated carbocycles. The minimum atomic E-state index is -2.03. The van der Waals surface area contributed by atoms with Crippen molar-refractivity contribution in [2.24, 2.45) is 4.99 Å². The van der Waals surface area contributed by atoms with Crippen LogP contribution in [0.5, 0.6) is 0 Å². The normalized spacial score (nSPS) is 21.0. The van der Waals surface area contributed by atoms with Crippen LogP contribution in [-0.2, 0) is 15.3 Å². The minimum absolute atomic E-state index is 0.430. The molecule has 1 atom stereocenters. The minimum Gasteiger partial charge on any atom is -0.379 e. The van der Waals surface area contributed by atoms with Gasteiger partial charge in [-0.25, -0.2) is 4.99 Å². The predicted octanol–water partition coefficient (Wildman–Crippen LogP) is 1.98. The third kappa shape index (κ3) is 3.72. The van der Waals surface area contributed by atoms with E-state index in [-0.39, 0.29) is 0 Å². The van der Waals surface area contributed by atoms with Gasteiger partial charge in [-0.2, -0.15) is 0 Å². The van der Waals surface area contributed by atoms with Gasteiger partial charge in [-0.1, -0.05) is 30.3 Å². The Morgan fingerprint density at radius 1 is 1.16 bits per heavy atom. The number of hydrogen-bond acceptors (Lipinski definition) is 6. The summed E-state index contributed by atoms with van der Waals surface area (Å²) in [5, 5.41) is 17.5. The van der Waals surface area contributed by atoms with Gasteiger partial charge in [0.1, 0.15) is 5.00 Å². The topological polar surface area (TPSA) is 79.1 Å². The van der Waals surface area contributed by atoms with Gasteiger partial charge in [0.25, 0.3) is 11.6 Å². The molecule has 3 aromatic rings. The molecule has 8 heteroatoms. The van der Waals surface area contributed by atoms with E-state index in [1.165, 1.54) is 0 Å². The maximum atomic E-state index is 13.3. The maximum absolute atomic E-state index is 13.3. The first-order valence-corrected chi connectivity index (χ1v) is 11.3. The van der Waals surface area contributed by atoms with Crippen LogP contribution < -0.4 is 5.32 Å². The SMILES string of the molecule is O=C(NCCN1CCOCC1)C1(O)N=C(c2ccccc2)c2ccsc2-n2cccc21.